The van der Waals surface area contributed by atoms with Gasteiger partial charge in [-0.1, -0.05) is 54.1 Å². The molecule has 0 saturated heterocycles. The van der Waals surface area contributed by atoms with E-state index in [-0.39, 0.29) is 12.5 Å². The van der Waals surface area contributed by atoms with Crippen molar-refractivity contribution < 1.29 is 14.3 Å². The van der Waals surface area contributed by atoms with E-state index >= 15 is 0 Å². The number of amides is 1. The van der Waals surface area contributed by atoms with Crippen LogP contribution in [0.1, 0.15) is 26.3 Å². The fourth-order valence-electron chi connectivity index (χ4n) is 2.36. The van der Waals surface area contributed by atoms with E-state index in [1.165, 1.54) is 0 Å². The molecule has 3 aromatic carbocycles. The normalized spacial score (nSPS) is 10.2. The Labute approximate surface area is 156 Å². The molecule has 0 aliphatic carbocycles. The molecular weight excluding hydrogens is 350 g/mol. The molecule has 0 fully saturated rings. The predicted molar refractivity (Wildman–Crippen MR) is 101 cm³/mol. The molecule has 130 valence electrons. The van der Waals surface area contributed by atoms with Crippen molar-refractivity contribution in [3.8, 4) is 0 Å². The molecule has 0 heterocycles. The third-order valence-corrected chi connectivity index (χ3v) is 3.97. The minimum Gasteiger partial charge on any atom is -0.457 e. The topological polar surface area (TPSA) is 55.4 Å². The first-order valence-corrected chi connectivity index (χ1v) is 8.38. The quantitative estimate of drug-likeness (QED) is 0.651. The summed E-state index contributed by atoms with van der Waals surface area (Å²) < 4.78 is 5.35. The van der Waals surface area contributed by atoms with Crippen LogP contribution in [0.2, 0.25) is 5.02 Å². The SMILES string of the molecule is O=C(Nc1ccccc1C(=O)OCc1ccc(Cl)cc1)c1ccccc1. The molecule has 0 aliphatic rings. The van der Waals surface area contributed by atoms with Crippen molar-refractivity contribution >= 4 is 29.2 Å². The molecular formula is C21H16ClNO3. The van der Waals surface area contributed by atoms with Crippen molar-refractivity contribution in [3.05, 3.63) is 101 Å². The first-order chi connectivity index (χ1) is 12.6. The molecule has 5 heteroatoms. The van der Waals surface area contributed by atoms with Crippen LogP contribution in [0, 0.1) is 0 Å². The van der Waals surface area contributed by atoms with Gasteiger partial charge in [0.15, 0.2) is 0 Å². The van der Waals surface area contributed by atoms with Crippen LogP contribution in [0.5, 0.6) is 0 Å². The van der Waals surface area contributed by atoms with Gasteiger partial charge in [-0.3, -0.25) is 4.79 Å². The number of halogens is 1. The van der Waals surface area contributed by atoms with E-state index in [9.17, 15) is 9.59 Å². The fourth-order valence-corrected chi connectivity index (χ4v) is 2.49. The summed E-state index contributed by atoms with van der Waals surface area (Å²) in [6.07, 6.45) is 0. The highest BCUT2D eigenvalue weighted by Crippen LogP contribution is 2.18. The lowest BCUT2D eigenvalue weighted by Gasteiger charge is -2.11. The monoisotopic (exact) mass is 365 g/mol. The van der Waals surface area contributed by atoms with Gasteiger partial charge in [-0.15, -0.1) is 0 Å². The smallest absolute Gasteiger partial charge is 0.340 e. The Kier molecular flexibility index (Phi) is 5.66. The summed E-state index contributed by atoms with van der Waals surface area (Å²) in [5, 5.41) is 3.38. The molecule has 0 radical (unpaired) electrons. The zero-order valence-electron chi connectivity index (χ0n) is 13.8. The van der Waals surface area contributed by atoms with Crippen molar-refractivity contribution in [2.75, 3.05) is 5.32 Å². The maximum atomic E-state index is 12.4. The van der Waals surface area contributed by atoms with Crippen LogP contribution in [-0.4, -0.2) is 11.9 Å². The number of anilines is 1. The van der Waals surface area contributed by atoms with E-state index in [2.05, 4.69) is 5.32 Å². The average molecular weight is 366 g/mol. The number of rotatable bonds is 5. The van der Waals surface area contributed by atoms with E-state index in [1.54, 1.807) is 72.8 Å². The molecule has 0 spiro atoms. The molecule has 4 nitrogen and oxygen atoms in total. The second kappa shape index (κ2) is 8.32. The number of para-hydroxylation sites is 1. The third kappa shape index (κ3) is 4.49. The zero-order chi connectivity index (χ0) is 18.4. The maximum Gasteiger partial charge on any atom is 0.340 e. The summed E-state index contributed by atoms with van der Waals surface area (Å²) in [6, 6.07) is 22.6. The summed E-state index contributed by atoms with van der Waals surface area (Å²) >= 11 is 5.84. The summed E-state index contributed by atoms with van der Waals surface area (Å²) in [4.78, 5) is 24.7. The Hall–Kier alpha value is -3.11. The maximum absolute atomic E-state index is 12.4. The molecule has 0 atom stereocenters. The molecule has 26 heavy (non-hydrogen) atoms. The van der Waals surface area contributed by atoms with Gasteiger partial charge in [-0.05, 0) is 42.0 Å². The van der Waals surface area contributed by atoms with Crippen LogP contribution in [-0.2, 0) is 11.3 Å². The van der Waals surface area contributed by atoms with Crippen LogP contribution in [0.25, 0.3) is 0 Å². The number of benzene rings is 3. The Morgan fingerprint density at radius 3 is 2.23 bits per heavy atom. The Morgan fingerprint density at radius 1 is 0.846 bits per heavy atom. The van der Waals surface area contributed by atoms with Crippen LogP contribution in [0.15, 0.2) is 78.9 Å². The van der Waals surface area contributed by atoms with Crippen molar-refractivity contribution in [2.24, 2.45) is 0 Å². The van der Waals surface area contributed by atoms with Gasteiger partial charge in [0.1, 0.15) is 6.61 Å². The third-order valence-electron chi connectivity index (χ3n) is 3.71. The minimum absolute atomic E-state index is 0.122. The molecule has 0 aliphatic heterocycles. The number of hydrogen-bond donors (Lipinski definition) is 1. The summed E-state index contributed by atoms with van der Waals surface area (Å²) in [5.41, 5.74) is 2.04. The van der Waals surface area contributed by atoms with Gasteiger partial charge in [-0.25, -0.2) is 4.79 Å². The number of carbonyl (C=O) groups is 2. The fraction of sp³-hybridized carbons (Fsp3) is 0.0476. The van der Waals surface area contributed by atoms with E-state index in [0.29, 0.717) is 21.8 Å². The summed E-state index contributed by atoms with van der Waals surface area (Å²) in [5.74, 6) is -0.799. The highest BCUT2D eigenvalue weighted by molar-refractivity contribution is 6.30. The van der Waals surface area contributed by atoms with Gasteiger partial charge < -0.3 is 10.1 Å². The molecule has 0 unspecified atom stereocenters. The first-order valence-electron chi connectivity index (χ1n) is 8.00. The molecule has 0 aromatic heterocycles. The first kappa shape index (κ1) is 17.7. The average Bonchev–Trinajstić information content (AvgIpc) is 2.68. The lowest BCUT2D eigenvalue weighted by Crippen LogP contribution is -2.15. The van der Waals surface area contributed by atoms with Crippen molar-refractivity contribution in [2.45, 2.75) is 6.61 Å². The molecule has 3 aromatic rings. The van der Waals surface area contributed by atoms with Gasteiger partial charge in [0.05, 0.1) is 11.3 Å². The standard InChI is InChI=1S/C21H16ClNO3/c22-17-12-10-15(11-13-17)14-26-21(25)18-8-4-5-9-19(18)23-20(24)16-6-2-1-3-7-16/h1-13H,14H2,(H,23,24). The summed E-state index contributed by atoms with van der Waals surface area (Å²) in [7, 11) is 0. The summed E-state index contributed by atoms with van der Waals surface area (Å²) in [6.45, 7) is 0.122. The Morgan fingerprint density at radius 2 is 1.50 bits per heavy atom. The van der Waals surface area contributed by atoms with Crippen LogP contribution in [0.3, 0.4) is 0 Å². The number of hydrogen-bond acceptors (Lipinski definition) is 3. The number of carbonyl (C=O) groups excluding carboxylic acids is 2. The Balaban J connectivity index is 1.70. The number of nitrogens with one attached hydrogen (secondary N) is 1. The van der Waals surface area contributed by atoms with E-state index in [0.717, 1.165) is 5.56 Å². The van der Waals surface area contributed by atoms with Gasteiger partial charge >= 0.3 is 5.97 Å². The predicted octanol–water partition coefficient (Wildman–Crippen LogP) is 4.95. The molecule has 3 rings (SSSR count). The van der Waals surface area contributed by atoms with Crippen molar-refractivity contribution in [1.82, 2.24) is 0 Å². The number of ether oxygens (including phenoxy) is 1. The second-order valence-corrected chi connectivity index (χ2v) is 6.00. The highest BCUT2D eigenvalue weighted by Gasteiger charge is 2.15. The highest BCUT2D eigenvalue weighted by atomic mass is 35.5. The van der Waals surface area contributed by atoms with Gasteiger partial charge in [0.2, 0.25) is 0 Å². The number of esters is 1. The van der Waals surface area contributed by atoms with Gasteiger partial charge in [0.25, 0.3) is 5.91 Å². The van der Waals surface area contributed by atoms with E-state index in [4.69, 9.17) is 16.3 Å². The lowest BCUT2D eigenvalue weighted by atomic mass is 10.1. The molecule has 0 bridgehead atoms. The molecule has 0 saturated carbocycles. The van der Waals surface area contributed by atoms with E-state index in [1.807, 2.05) is 6.07 Å². The lowest BCUT2D eigenvalue weighted by molar-refractivity contribution is 0.0474. The van der Waals surface area contributed by atoms with Crippen LogP contribution in [0.4, 0.5) is 5.69 Å². The van der Waals surface area contributed by atoms with E-state index < -0.39 is 5.97 Å². The Bertz CT molecular complexity index is 908. The zero-order valence-corrected chi connectivity index (χ0v) is 14.6. The van der Waals surface area contributed by atoms with Gasteiger partial charge in [-0.2, -0.15) is 0 Å². The largest absolute Gasteiger partial charge is 0.457 e. The van der Waals surface area contributed by atoms with Crippen LogP contribution < -0.4 is 5.32 Å². The van der Waals surface area contributed by atoms with Crippen LogP contribution >= 0.6 is 11.6 Å². The van der Waals surface area contributed by atoms with Crippen molar-refractivity contribution in [1.29, 1.82) is 0 Å². The van der Waals surface area contributed by atoms with Crippen molar-refractivity contribution in [3.63, 3.8) is 0 Å². The molecule has 1 amide bonds. The van der Waals surface area contributed by atoms with Gasteiger partial charge in [0, 0.05) is 10.6 Å². The molecule has 1 N–H and O–H groups in total. The minimum atomic E-state index is -0.510. The second-order valence-electron chi connectivity index (χ2n) is 5.57.